The number of aliphatic hydroxyl groups is 1. The first-order valence-electron chi connectivity index (χ1n) is 7.54. The number of hydrogen-bond donors (Lipinski definition) is 2. The van der Waals surface area contributed by atoms with Gasteiger partial charge in [-0.2, -0.15) is 0 Å². The van der Waals surface area contributed by atoms with Gasteiger partial charge in [-0.3, -0.25) is 0 Å². The maximum absolute atomic E-state index is 11.9. The van der Waals surface area contributed by atoms with E-state index in [1.165, 1.54) is 0 Å². The molecular weight excluding hydrogens is 286 g/mol. The zero-order valence-corrected chi connectivity index (χ0v) is 12.5. The molecule has 0 bridgehead atoms. The van der Waals surface area contributed by atoms with E-state index >= 15 is 0 Å². The lowest BCUT2D eigenvalue weighted by molar-refractivity contribution is -0.179. The van der Waals surface area contributed by atoms with E-state index in [1.807, 2.05) is 24.3 Å². The van der Waals surface area contributed by atoms with Crippen LogP contribution < -0.4 is 10.1 Å². The second-order valence-corrected chi connectivity index (χ2v) is 5.68. The monoisotopic (exact) mass is 307 g/mol. The first-order valence-corrected chi connectivity index (χ1v) is 7.54. The lowest BCUT2D eigenvalue weighted by Crippen LogP contribution is -2.44. The van der Waals surface area contributed by atoms with E-state index in [2.05, 4.69) is 5.32 Å². The minimum Gasteiger partial charge on any atom is -0.497 e. The first kappa shape index (κ1) is 15.3. The summed E-state index contributed by atoms with van der Waals surface area (Å²) < 4.78 is 15.7. The summed E-state index contributed by atoms with van der Waals surface area (Å²) in [5.74, 6) is 0.423. The zero-order chi connectivity index (χ0) is 15.5. The molecule has 3 rings (SSSR count). The predicted octanol–water partition coefficient (Wildman–Crippen LogP) is 0.271. The van der Waals surface area contributed by atoms with Crippen LogP contribution in [0.1, 0.15) is 12.0 Å². The fraction of sp³-hybridized carbons (Fsp3) is 0.562. The van der Waals surface area contributed by atoms with Crippen molar-refractivity contribution in [3.05, 3.63) is 29.8 Å². The van der Waals surface area contributed by atoms with E-state index in [9.17, 15) is 9.90 Å². The van der Waals surface area contributed by atoms with E-state index in [0.29, 0.717) is 26.0 Å². The fourth-order valence-electron chi connectivity index (χ4n) is 2.77. The van der Waals surface area contributed by atoms with Crippen LogP contribution in [-0.4, -0.2) is 55.7 Å². The molecule has 120 valence electrons. The van der Waals surface area contributed by atoms with Gasteiger partial charge in [0.25, 0.3) is 0 Å². The summed E-state index contributed by atoms with van der Waals surface area (Å²) >= 11 is 0. The highest BCUT2D eigenvalue weighted by Gasteiger charge is 2.40. The van der Waals surface area contributed by atoms with Gasteiger partial charge >= 0.3 is 5.97 Å². The van der Waals surface area contributed by atoms with Crippen molar-refractivity contribution < 1.29 is 24.1 Å². The van der Waals surface area contributed by atoms with Crippen molar-refractivity contribution in [1.29, 1.82) is 0 Å². The van der Waals surface area contributed by atoms with E-state index in [-0.39, 0.29) is 12.0 Å². The van der Waals surface area contributed by atoms with Crippen molar-refractivity contribution in [2.75, 3.05) is 20.3 Å². The van der Waals surface area contributed by atoms with Crippen LogP contribution in [-0.2, 0) is 20.7 Å². The molecule has 2 aliphatic heterocycles. The van der Waals surface area contributed by atoms with Crippen LogP contribution in [0.25, 0.3) is 0 Å². The molecule has 1 aromatic rings. The number of nitrogens with one attached hydrogen (secondary N) is 1. The summed E-state index contributed by atoms with van der Waals surface area (Å²) in [5.41, 5.74) is 1.09. The largest absolute Gasteiger partial charge is 0.497 e. The Labute approximate surface area is 129 Å². The third-order valence-corrected chi connectivity index (χ3v) is 4.19. The van der Waals surface area contributed by atoms with Crippen LogP contribution in [0.4, 0.5) is 0 Å². The summed E-state index contributed by atoms with van der Waals surface area (Å²) in [6.45, 7) is 1.02. The Balaban J connectivity index is 1.61. The molecule has 0 aliphatic carbocycles. The Morgan fingerprint density at radius 1 is 1.41 bits per heavy atom. The van der Waals surface area contributed by atoms with Gasteiger partial charge in [-0.15, -0.1) is 0 Å². The molecule has 0 radical (unpaired) electrons. The average molecular weight is 307 g/mol. The Bertz CT molecular complexity index is 514. The normalized spacial score (nSPS) is 30.6. The van der Waals surface area contributed by atoms with Crippen LogP contribution in [0.3, 0.4) is 0 Å². The zero-order valence-electron chi connectivity index (χ0n) is 12.5. The van der Waals surface area contributed by atoms with Crippen molar-refractivity contribution in [1.82, 2.24) is 5.32 Å². The Morgan fingerprint density at radius 3 is 2.73 bits per heavy atom. The molecule has 0 saturated carbocycles. The highest BCUT2D eigenvalue weighted by atomic mass is 16.6. The van der Waals surface area contributed by atoms with Gasteiger partial charge in [0.15, 0.2) is 6.10 Å². The van der Waals surface area contributed by atoms with Gasteiger partial charge in [0.1, 0.15) is 18.0 Å². The quantitative estimate of drug-likeness (QED) is 0.761. The van der Waals surface area contributed by atoms with Crippen molar-refractivity contribution in [2.24, 2.45) is 0 Å². The van der Waals surface area contributed by atoms with E-state index in [4.69, 9.17) is 14.2 Å². The molecular formula is C16H21NO5. The van der Waals surface area contributed by atoms with Gasteiger partial charge in [-0.25, -0.2) is 4.79 Å². The molecule has 22 heavy (non-hydrogen) atoms. The standard InChI is InChI=1S/C16H21NO5/c1-20-11-4-2-10(3-5-11)8-12-15(13(18)9-17-12)22-16(19)14-6-7-21-14/h2-5,12-15,17-18H,6-9H2,1H3/t12-,13+,14?,15+/m1/s1. The molecule has 2 N–H and O–H groups in total. The highest BCUT2D eigenvalue weighted by molar-refractivity contribution is 5.75. The Kier molecular flexibility index (Phi) is 4.61. The number of hydrogen-bond acceptors (Lipinski definition) is 6. The predicted molar refractivity (Wildman–Crippen MR) is 78.7 cm³/mol. The van der Waals surface area contributed by atoms with Crippen LogP contribution in [0.5, 0.6) is 5.75 Å². The lowest BCUT2D eigenvalue weighted by atomic mass is 10.0. The smallest absolute Gasteiger partial charge is 0.335 e. The van der Waals surface area contributed by atoms with Crippen LogP contribution >= 0.6 is 0 Å². The van der Waals surface area contributed by atoms with Gasteiger partial charge in [-0.1, -0.05) is 12.1 Å². The van der Waals surface area contributed by atoms with E-state index < -0.39 is 18.3 Å². The third kappa shape index (κ3) is 3.24. The second-order valence-electron chi connectivity index (χ2n) is 5.68. The maximum atomic E-state index is 11.9. The minimum atomic E-state index is -0.688. The second kappa shape index (κ2) is 6.64. The molecule has 2 aliphatic rings. The van der Waals surface area contributed by atoms with Crippen molar-refractivity contribution in [2.45, 2.75) is 37.2 Å². The minimum absolute atomic E-state index is 0.104. The molecule has 0 aromatic heterocycles. The number of rotatable bonds is 5. The molecule has 4 atom stereocenters. The van der Waals surface area contributed by atoms with Crippen LogP contribution in [0.2, 0.25) is 0 Å². The van der Waals surface area contributed by atoms with Gasteiger partial charge in [0.05, 0.1) is 19.8 Å². The molecule has 2 fully saturated rings. The van der Waals surface area contributed by atoms with Gasteiger partial charge in [0.2, 0.25) is 0 Å². The number of benzene rings is 1. The topological polar surface area (TPSA) is 77.0 Å². The summed E-state index contributed by atoms with van der Waals surface area (Å²) in [4.78, 5) is 11.9. The SMILES string of the molecule is COc1ccc(C[C@H]2NC[C@H](O)[C@H]2OC(=O)C2CCO2)cc1. The number of carbonyl (C=O) groups is 1. The summed E-state index contributed by atoms with van der Waals surface area (Å²) in [5, 5.41) is 13.3. The molecule has 1 unspecified atom stereocenters. The first-order chi connectivity index (χ1) is 10.7. The molecule has 2 heterocycles. The maximum Gasteiger partial charge on any atom is 0.335 e. The number of ether oxygens (including phenoxy) is 3. The number of aliphatic hydroxyl groups excluding tert-OH is 1. The number of methoxy groups -OCH3 is 1. The van der Waals surface area contributed by atoms with Crippen molar-refractivity contribution >= 4 is 5.97 Å². The summed E-state index contributed by atoms with van der Waals surface area (Å²) in [6.07, 6.45) is -0.330. The summed E-state index contributed by atoms with van der Waals surface area (Å²) in [6, 6.07) is 7.62. The van der Waals surface area contributed by atoms with E-state index in [1.54, 1.807) is 7.11 Å². The van der Waals surface area contributed by atoms with Crippen LogP contribution in [0.15, 0.2) is 24.3 Å². The Hall–Kier alpha value is -1.63. The third-order valence-electron chi connectivity index (χ3n) is 4.19. The molecule has 0 spiro atoms. The average Bonchev–Trinajstić information content (AvgIpc) is 2.79. The van der Waals surface area contributed by atoms with Crippen LogP contribution in [0, 0.1) is 0 Å². The molecule has 2 saturated heterocycles. The van der Waals surface area contributed by atoms with E-state index in [0.717, 1.165) is 11.3 Å². The Morgan fingerprint density at radius 2 is 2.14 bits per heavy atom. The molecule has 1 aromatic carbocycles. The number of esters is 1. The van der Waals surface area contributed by atoms with Crippen molar-refractivity contribution in [3.8, 4) is 5.75 Å². The van der Waals surface area contributed by atoms with Crippen molar-refractivity contribution in [3.63, 3.8) is 0 Å². The number of carbonyl (C=O) groups excluding carboxylic acids is 1. The molecule has 6 nitrogen and oxygen atoms in total. The highest BCUT2D eigenvalue weighted by Crippen LogP contribution is 2.21. The molecule has 6 heteroatoms. The molecule has 0 amide bonds. The van der Waals surface area contributed by atoms with Gasteiger partial charge in [0, 0.05) is 13.0 Å². The van der Waals surface area contributed by atoms with Gasteiger partial charge in [-0.05, 0) is 24.1 Å². The number of β-amino-alcohol motifs (C(OH)–C–C–N with tert-alkyl or cyclic N) is 1. The fourth-order valence-corrected chi connectivity index (χ4v) is 2.77. The summed E-state index contributed by atoms with van der Waals surface area (Å²) in [7, 11) is 1.63. The van der Waals surface area contributed by atoms with Gasteiger partial charge < -0.3 is 24.6 Å². The lowest BCUT2D eigenvalue weighted by Gasteiger charge is -2.28.